The first-order valence-corrected chi connectivity index (χ1v) is 14.0. The van der Waals surface area contributed by atoms with Crippen LogP contribution in [0.4, 0.5) is 4.79 Å². The van der Waals surface area contributed by atoms with Crippen molar-refractivity contribution >= 4 is 47.0 Å². The zero-order chi connectivity index (χ0) is 30.6. The zero-order valence-electron chi connectivity index (χ0n) is 23.4. The number of amides is 2. The molecule has 0 saturated heterocycles. The number of Topliss-reactive ketones (excluding diaryl/α,β-unsaturated/α-hetero) is 1. The minimum Gasteiger partial charge on any atom is -0.466 e. The van der Waals surface area contributed by atoms with Gasteiger partial charge in [-0.3, -0.25) is 14.4 Å². The van der Waals surface area contributed by atoms with E-state index < -0.39 is 48.8 Å². The van der Waals surface area contributed by atoms with E-state index in [0.717, 1.165) is 10.4 Å². The van der Waals surface area contributed by atoms with Crippen LogP contribution in [0.3, 0.4) is 0 Å². The first kappa shape index (κ1) is 32.5. The molecule has 0 bridgehead atoms. The number of hydrogen-bond donors (Lipinski definition) is 2. The highest BCUT2D eigenvalue weighted by atomic mass is 35.5. The molecule has 14 heteroatoms. The van der Waals surface area contributed by atoms with Crippen LogP contribution in [0.2, 0.25) is 10.0 Å². The number of alkyl carbamates (subject to hydrolysis) is 1. The lowest BCUT2D eigenvalue weighted by Gasteiger charge is -2.24. The summed E-state index contributed by atoms with van der Waals surface area (Å²) in [5, 5.41) is 18.0. The molecule has 0 spiro atoms. The van der Waals surface area contributed by atoms with Crippen LogP contribution < -0.4 is 10.6 Å². The maximum Gasteiger partial charge on any atom is 0.408 e. The molecule has 3 aromatic rings. The summed E-state index contributed by atoms with van der Waals surface area (Å²) < 4.78 is 10.2. The Morgan fingerprint density at radius 2 is 1.64 bits per heavy atom. The molecule has 0 aliphatic carbocycles. The Hall–Kier alpha value is -4.03. The summed E-state index contributed by atoms with van der Waals surface area (Å²) in [4.78, 5) is 52.2. The van der Waals surface area contributed by atoms with Crippen LogP contribution in [0.25, 0.3) is 0 Å². The predicted molar refractivity (Wildman–Crippen MR) is 154 cm³/mol. The number of esters is 1. The number of benzene rings is 2. The molecule has 0 radical (unpaired) electrons. The lowest BCUT2D eigenvalue weighted by atomic mass is 10.0. The van der Waals surface area contributed by atoms with Crippen molar-refractivity contribution in [1.29, 1.82) is 0 Å². The van der Waals surface area contributed by atoms with Crippen molar-refractivity contribution in [1.82, 2.24) is 30.8 Å². The van der Waals surface area contributed by atoms with Gasteiger partial charge in [-0.25, -0.2) is 4.79 Å². The maximum absolute atomic E-state index is 13.2. The van der Waals surface area contributed by atoms with Gasteiger partial charge in [-0.2, -0.15) is 4.80 Å². The van der Waals surface area contributed by atoms with Crippen molar-refractivity contribution in [2.45, 2.75) is 58.8 Å². The minimum atomic E-state index is -1.28. The van der Waals surface area contributed by atoms with E-state index in [1.54, 1.807) is 51.1 Å². The molecule has 2 N–H and O–H groups in total. The number of carbonyl (C=O) groups excluding carboxylic acids is 4. The van der Waals surface area contributed by atoms with E-state index in [1.165, 1.54) is 0 Å². The number of aromatic nitrogens is 4. The normalized spacial score (nSPS) is 12.3. The Morgan fingerprint density at radius 1 is 0.952 bits per heavy atom. The Bertz CT molecular complexity index is 1360. The second kappa shape index (κ2) is 15.8. The third-order valence-electron chi connectivity index (χ3n) is 6.00. The van der Waals surface area contributed by atoms with Crippen LogP contribution in [0, 0.1) is 5.92 Å². The van der Waals surface area contributed by atoms with Crippen molar-refractivity contribution in [2.75, 3.05) is 6.61 Å². The number of ketones is 1. The summed E-state index contributed by atoms with van der Waals surface area (Å²) in [5.74, 6) is -2.05. The summed E-state index contributed by atoms with van der Waals surface area (Å²) in [7, 11) is 0. The number of ether oxygens (including phenoxy) is 2. The van der Waals surface area contributed by atoms with Gasteiger partial charge in [0, 0.05) is 16.5 Å². The molecular formula is C28H32Cl2N6O6. The smallest absolute Gasteiger partial charge is 0.408 e. The fourth-order valence-electron chi connectivity index (χ4n) is 3.84. The van der Waals surface area contributed by atoms with Crippen LogP contribution >= 0.6 is 23.2 Å². The van der Waals surface area contributed by atoms with Crippen molar-refractivity contribution in [2.24, 2.45) is 5.92 Å². The Kier molecular flexibility index (Phi) is 12.2. The molecule has 1 aromatic heterocycles. The minimum absolute atomic E-state index is 0.0126. The number of tetrazole rings is 1. The van der Waals surface area contributed by atoms with Gasteiger partial charge in [0.05, 0.1) is 13.0 Å². The number of rotatable bonds is 14. The molecule has 0 aliphatic rings. The molecule has 0 saturated carbocycles. The van der Waals surface area contributed by atoms with Crippen LogP contribution in [-0.4, -0.2) is 62.7 Å². The van der Waals surface area contributed by atoms with Crippen LogP contribution in [-0.2, 0) is 43.4 Å². The van der Waals surface area contributed by atoms with Gasteiger partial charge in [-0.05, 0) is 41.3 Å². The first-order chi connectivity index (χ1) is 20.1. The van der Waals surface area contributed by atoms with Gasteiger partial charge in [-0.1, -0.05) is 73.4 Å². The topological polar surface area (TPSA) is 154 Å². The number of halogens is 2. The average molecular weight is 620 g/mol. The molecular weight excluding hydrogens is 587 g/mol. The number of hydrogen-bond acceptors (Lipinski definition) is 9. The third kappa shape index (κ3) is 9.81. The quantitative estimate of drug-likeness (QED) is 0.258. The van der Waals surface area contributed by atoms with E-state index in [2.05, 4.69) is 26.0 Å². The molecule has 1 heterocycles. The van der Waals surface area contributed by atoms with Gasteiger partial charge in [0.15, 0.2) is 11.6 Å². The molecule has 1 unspecified atom stereocenters. The van der Waals surface area contributed by atoms with Crippen molar-refractivity contribution < 1.29 is 28.7 Å². The highest BCUT2D eigenvalue weighted by Gasteiger charge is 2.31. The molecule has 0 aliphatic heterocycles. The van der Waals surface area contributed by atoms with Gasteiger partial charge in [0.1, 0.15) is 25.2 Å². The van der Waals surface area contributed by atoms with Crippen molar-refractivity contribution in [3.8, 4) is 0 Å². The van der Waals surface area contributed by atoms with Crippen LogP contribution in [0.5, 0.6) is 0 Å². The van der Waals surface area contributed by atoms with E-state index in [4.69, 9.17) is 32.7 Å². The second-order valence-corrected chi connectivity index (χ2v) is 10.4. The fraction of sp³-hybridized carbons (Fsp3) is 0.393. The molecule has 2 amide bonds. The zero-order valence-corrected chi connectivity index (χ0v) is 24.9. The van der Waals surface area contributed by atoms with Crippen molar-refractivity contribution in [3.05, 3.63) is 75.5 Å². The van der Waals surface area contributed by atoms with Crippen LogP contribution in [0.15, 0.2) is 48.5 Å². The molecule has 42 heavy (non-hydrogen) atoms. The van der Waals surface area contributed by atoms with Gasteiger partial charge in [-0.15, -0.1) is 10.2 Å². The van der Waals surface area contributed by atoms with E-state index in [1.807, 2.05) is 18.2 Å². The number of nitrogens with one attached hydrogen (secondary N) is 2. The molecule has 0 fully saturated rings. The lowest BCUT2D eigenvalue weighted by Crippen LogP contribution is -2.54. The van der Waals surface area contributed by atoms with E-state index in [9.17, 15) is 19.2 Å². The maximum atomic E-state index is 13.2. The van der Waals surface area contributed by atoms with Gasteiger partial charge in [0.25, 0.3) is 0 Å². The number of carbonyl (C=O) groups is 4. The summed E-state index contributed by atoms with van der Waals surface area (Å²) in [6, 6.07) is 11.8. The highest BCUT2D eigenvalue weighted by Crippen LogP contribution is 2.25. The standard InChI is InChI=1S/C28H32Cl2N6O6/c1-4-41-25(38)14-22(23(37)15-36-34-24(33-35-36)13-19-20(29)11-8-12-21(19)30)31-27(39)26(17(2)3)32-28(40)42-16-18-9-6-5-7-10-18/h5-12,17,22,26H,4,13-16H2,1-3H3,(H,31,39)(H,32,40)/t22?,26-/m0/s1. The van der Waals surface area contributed by atoms with Crippen LogP contribution in [0.1, 0.15) is 44.1 Å². The Labute approximate surface area is 253 Å². The van der Waals surface area contributed by atoms with Gasteiger partial charge < -0.3 is 20.1 Å². The predicted octanol–water partition coefficient (Wildman–Crippen LogP) is 3.53. The molecule has 2 atom stereocenters. The first-order valence-electron chi connectivity index (χ1n) is 13.2. The van der Waals surface area contributed by atoms with Gasteiger partial charge in [0.2, 0.25) is 5.91 Å². The SMILES string of the molecule is CCOC(=O)CC(NC(=O)[C@@H](NC(=O)OCc1ccccc1)C(C)C)C(=O)Cn1nnc(Cc2c(Cl)cccc2Cl)n1. The largest absolute Gasteiger partial charge is 0.466 e. The highest BCUT2D eigenvalue weighted by molar-refractivity contribution is 6.36. The molecule has 224 valence electrons. The summed E-state index contributed by atoms with van der Waals surface area (Å²) in [6.45, 7) is 4.77. The van der Waals surface area contributed by atoms with E-state index in [0.29, 0.717) is 15.6 Å². The fourth-order valence-corrected chi connectivity index (χ4v) is 4.37. The second-order valence-electron chi connectivity index (χ2n) is 9.58. The third-order valence-corrected chi connectivity index (χ3v) is 6.71. The molecule has 3 rings (SSSR count). The van der Waals surface area contributed by atoms with Gasteiger partial charge >= 0.3 is 12.1 Å². The average Bonchev–Trinajstić information content (AvgIpc) is 3.39. The Morgan fingerprint density at radius 3 is 2.29 bits per heavy atom. The Balaban J connectivity index is 1.67. The van der Waals surface area contributed by atoms with E-state index in [-0.39, 0.29) is 31.4 Å². The summed E-state index contributed by atoms with van der Waals surface area (Å²) >= 11 is 12.4. The number of nitrogens with zero attached hydrogens (tertiary/aromatic N) is 4. The molecule has 12 nitrogen and oxygen atoms in total. The van der Waals surface area contributed by atoms with E-state index >= 15 is 0 Å². The monoisotopic (exact) mass is 618 g/mol. The lowest BCUT2D eigenvalue weighted by molar-refractivity contribution is -0.145. The summed E-state index contributed by atoms with van der Waals surface area (Å²) in [5.41, 5.74) is 1.38. The van der Waals surface area contributed by atoms with Crippen molar-refractivity contribution in [3.63, 3.8) is 0 Å². The summed E-state index contributed by atoms with van der Waals surface area (Å²) in [6.07, 6.45) is -1.06. The molecule has 2 aromatic carbocycles.